The molecule has 0 aromatic rings. The van der Waals surface area contributed by atoms with Crippen LogP contribution < -0.4 is 5.32 Å². The summed E-state index contributed by atoms with van der Waals surface area (Å²) < 4.78 is 0. The van der Waals surface area contributed by atoms with E-state index < -0.39 is 5.97 Å². The first kappa shape index (κ1) is 17.8. The summed E-state index contributed by atoms with van der Waals surface area (Å²) in [5.74, 6) is 0.315. The standard InChI is InChI=1S/C16H30N2O3/c1-11-6-7-13(12(2)10-11)17-15(21)18(16(3,4)5)9-8-14(19)20/h11-13H,6-10H2,1-5H3,(H,17,21)(H,19,20). The number of hydrogen-bond donors (Lipinski definition) is 2. The van der Waals surface area contributed by atoms with Gasteiger partial charge in [0.1, 0.15) is 0 Å². The average molecular weight is 298 g/mol. The summed E-state index contributed by atoms with van der Waals surface area (Å²) in [5.41, 5.74) is -0.384. The molecule has 0 aromatic heterocycles. The lowest BCUT2D eigenvalue weighted by Gasteiger charge is -2.39. The smallest absolute Gasteiger partial charge is 0.318 e. The van der Waals surface area contributed by atoms with E-state index in [1.54, 1.807) is 4.90 Å². The molecule has 3 unspecified atom stereocenters. The van der Waals surface area contributed by atoms with Gasteiger partial charge in [-0.25, -0.2) is 4.79 Å². The number of carbonyl (C=O) groups is 2. The van der Waals surface area contributed by atoms with Crippen LogP contribution in [0.1, 0.15) is 60.3 Å². The molecule has 1 saturated carbocycles. The molecule has 3 atom stereocenters. The average Bonchev–Trinajstić information content (AvgIpc) is 2.30. The third-order valence-electron chi connectivity index (χ3n) is 4.34. The lowest BCUT2D eigenvalue weighted by Crippen LogP contribution is -2.55. The maximum absolute atomic E-state index is 12.5. The maximum Gasteiger partial charge on any atom is 0.318 e. The second kappa shape index (κ2) is 7.14. The van der Waals surface area contributed by atoms with Gasteiger partial charge in [-0.15, -0.1) is 0 Å². The van der Waals surface area contributed by atoms with Crippen LogP contribution in [-0.2, 0) is 4.79 Å². The second-order valence-corrected chi connectivity index (χ2v) is 7.42. The Bertz CT molecular complexity index is 376. The number of amides is 2. The van der Waals surface area contributed by atoms with Crippen LogP contribution in [-0.4, -0.2) is 40.1 Å². The van der Waals surface area contributed by atoms with Gasteiger partial charge in [0.05, 0.1) is 6.42 Å². The minimum atomic E-state index is -0.878. The highest BCUT2D eigenvalue weighted by Gasteiger charge is 2.31. The van der Waals surface area contributed by atoms with Crippen LogP contribution in [0, 0.1) is 11.8 Å². The minimum Gasteiger partial charge on any atom is -0.481 e. The molecule has 21 heavy (non-hydrogen) atoms. The molecular formula is C16H30N2O3. The van der Waals surface area contributed by atoms with Crippen molar-refractivity contribution in [1.29, 1.82) is 0 Å². The number of nitrogens with zero attached hydrogens (tertiary/aromatic N) is 1. The van der Waals surface area contributed by atoms with E-state index in [9.17, 15) is 9.59 Å². The van der Waals surface area contributed by atoms with Crippen LogP contribution in [0.2, 0.25) is 0 Å². The summed E-state index contributed by atoms with van der Waals surface area (Å²) in [6.07, 6.45) is 3.25. The molecule has 0 saturated heterocycles. The van der Waals surface area contributed by atoms with E-state index in [0.29, 0.717) is 5.92 Å². The van der Waals surface area contributed by atoms with Crippen molar-refractivity contribution in [3.8, 4) is 0 Å². The van der Waals surface area contributed by atoms with E-state index in [2.05, 4.69) is 19.2 Å². The van der Waals surface area contributed by atoms with E-state index in [1.807, 2.05) is 20.8 Å². The zero-order valence-corrected chi connectivity index (χ0v) is 14.0. The Hall–Kier alpha value is -1.26. The third-order valence-corrected chi connectivity index (χ3v) is 4.34. The van der Waals surface area contributed by atoms with Crippen molar-refractivity contribution < 1.29 is 14.7 Å². The van der Waals surface area contributed by atoms with Crippen LogP contribution in [0.3, 0.4) is 0 Å². The predicted molar refractivity (Wildman–Crippen MR) is 83.2 cm³/mol. The number of carbonyl (C=O) groups excluding carboxylic acids is 1. The van der Waals surface area contributed by atoms with Gasteiger partial charge in [-0.1, -0.05) is 13.8 Å². The number of carboxylic acids is 1. The van der Waals surface area contributed by atoms with Gasteiger partial charge in [0.15, 0.2) is 0 Å². The number of carboxylic acid groups (broad SMARTS) is 1. The Morgan fingerprint density at radius 2 is 1.86 bits per heavy atom. The van der Waals surface area contributed by atoms with Gasteiger partial charge >= 0.3 is 12.0 Å². The summed E-state index contributed by atoms with van der Waals surface area (Å²) in [7, 11) is 0. The fourth-order valence-corrected chi connectivity index (χ4v) is 3.07. The normalized spacial score (nSPS) is 26.2. The Morgan fingerprint density at radius 3 is 2.33 bits per heavy atom. The Kier molecular flexibility index (Phi) is 6.05. The van der Waals surface area contributed by atoms with Gasteiger partial charge in [0.2, 0.25) is 0 Å². The number of aliphatic carboxylic acids is 1. The van der Waals surface area contributed by atoms with E-state index in [1.165, 1.54) is 0 Å². The van der Waals surface area contributed by atoms with Gasteiger partial charge < -0.3 is 15.3 Å². The van der Waals surface area contributed by atoms with E-state index >= 15 is 0 Å². The monoisotopic (exact) mass is 298 g/mol. The number of urea groups is 1. The van der Waals surface area contributed by atoms with Crippen molar-refractivity contribution in [3.63, 3.8) is 0 Å². The number of hydrogen-bond acceptors (Lipinski definition) is 2. The summed E-state index contributed by atoms with van der Waals surface area (Å²) in [5, 5.41) is 12.0. The van der Waals surface area contributed by atoms with Gasteiger partial charge in [0.25, 0.3) is 0 Å². The quantitative estimate of drug-likeness (QED) is 0.838. The summed E-state index contributed by atoms with van der Waals surface area (Å²) in [4.78, 5) is 24.9. The fourth-order valence-electron chi connectivity index (χ4n) is 3.07. The molecule has 0 radical (unpaired) electrons. The SMILES string of the molecule is CC1CCC(NC(=O)N(CCC(=O)O)C(C)(C)C)C(C)C1. The molecule has 0 aliphatic heterocycles. The molecule has 122 valence electrons. The van der Waals surface area contributed by atoms with Crippen molar-refractivity contribution in [2.75, 3.05) is 6.54 Å². The first-order chi connectivity index (χ1) is 9.61. The molecule has 5 nitrogen and oxygen atoms in total. The molecule has 0 bridgehead atoms. The zero-order valence-electron chi connectivity index (χ0n) is 14.0. The highest BCUT2D eigenvalue weighted by molar-refractivity contribution is 5.76. The first-order valence-electron chi connectivity index (χ1n) is 7.91. The largest absolute Gasteiger partial charge is 0.481 e. The fraction of sp³-hybridized carbons (Fsp3) is 0.875. The molecule has 1 fully saturated rings. The van der Waals surface area contributed by atoms with E-state index in [-0.39, 0.29) is 30.6 Å². The van der Waals surface area contributed by atoms with Crippen LogP contribution in [0.5, 0.6) is 0 Å². The molecule has 2 N–H and O–H groups in total. The predicted octanol–water partition coefficient (Wildman–Crippen LogP) is 3.10. The molecule has 0 aromatic carbocycles. The van der Waals surface area contributed by atoms with Gasteiger partial charge in [-0.2, -0.15) is 0 Å². The minimum absolute atomic E-state index is 0.0258. The molecule has 0 heterocycles. The third kappa shape index (κ3) is 5.56. The van der Waals surface area contributed by atoms with Crippen molar-refractivity contribution in [2.24, 2.45) is 11.8 Å². The topological polar surface area (TPSA) is 69.6 Å². The number of nitrogens with one attached hydrogen (secondary N) is 1. The molecule has 1 aliphatic carbocycles. The second-order valence-electron chi connectivity index (χ2n) is 7.42. The van der Waals surface area contributed by atoms with Crippen LogP contribution in [0.4, 0.5) is 4.79 Å². The molecule has 1 rings (SSSR count). The Balaban J connectivity index is 2.66. The van der Waals surface area contributed by atoms with Gasteiger partial charge in [-0.3, -0.25) is 4.79 Å². The van der Waals surface area contributed by atoms with Gasteiger partial charge in [0, 0.05) is 18.1 Å². The molecule has 0 spiro atoms. The van der Waals surface area contributed by atoms with Crippen molar-refractivity contribution in [2.45, 2.75) is 71.9 Å². The highest BCUT2D eigenvalue weighted by Crippen LogP contribution is 2.29. The Morgan fingerprint density at radius 1 is 1.24 bits per heavy atom. The van der Waals surface area contributed by atoms with Crippen LogP contribution in [0.25, 0.3) is 0 Å². The van der Waals surface area contributed by atoms with E-state index in [0.717, 1.165) is 25.2 Å². The summed E-state index contributed by atoms with van der Waals surface area (Å²) in [6.45, 7) is 10.5. The molecule has 2 amide bonds. The maximum atomic E-state index is 12.5. The molecule has 5 heteroatoms. The lowest BCUT2D eigenvalue weighted by molar-refractivity contribution is -0.137. The van der Waals surface area contributed by atoms with E-state index in [4.69, 9.17) is 5.11 Å². The van der Waals surface area contributed by atoms with Gasteiger partial charge in [-0.05, 0) is 51.9 Å². The number of rotatable bonds is 4. The van der Waals surface area contributed by atoms with Crippen LogP contribution >= 0.6 is 0 Å². The molecule has 1 aliphatic rings. The summed E-state index contributed by atoms with van der Waals surface area (Å²) in [6, 6.07) is 0.0542. The zero-order chi connectivity index (χ0) is 16.2. The Labute approximate surface area is 128 Å². The summed E-state index contributed by atoms with van der Waals surface area (Å²) >= 11 is 0. The lowest BCUT2D eigenvalue weighted by atomic mass is 9.80. The van der Waals surface area contributed by atoms with Crippen molar-refractivity contribution in [3.05, 3.63) is 0 Å². The van der Waals surface area contributed by atoms with Crippen molar-refractivity contribution >= 4 is 12.0 Å². The van der Waals surface area contributed by atoms with Crippen molar-refractivity contribution in [1.82, 2.24) is 10.2 Å². The highest BCUT2D eigenvalue weighted by atomic mass is 16.4. The first-order valence-corrected chi connectivity index (χ1v) is 7.91. The molecular weight excluding hydrogens is 268 g/mol. The van der Waals surface area contributed by atoms with Crippen LogP contribution in [0.15, 0.2) is 0 Å².